The fourth-order valence-electron chi connectivity index (χ4n) is 12.4. The topological polar surface area (TPSA) is 20.3 Å². The van der Waals surface area contributed by atoms with Crippen LogP contribution in [0.3, 0.4) is 0 Å². The first-order valence-electron chi connectivity index (χ1n) is 17.2. The molecule has 0 aromatic heterocycles. The van der Waals surface area contributed by atoms with Gasteiger partial charge in [-0.3, -0.25) is 0 Å². The third-order valence-corrected chi connectivity index (χ3v) is 18.4. The van der Waals surface area contributed by atoms with Gasteiger partial charge in [0.15, 0.2) is 0 Å². The van der Waals surface area contributed by atoms with Crippen LogP contribution in [-0.2, 0) is 11.0 Å². The average Bonchev–Trinajstić information content (AvgIpc) is 2.92. The minimum Gasteiger partial charge on any atom is -0.242 e. The van der Waals surface area contributed by atoms with Crippen molar-refractivity contribution in [3.05, 3.63) is 65.7 Å². The number of rotatable bonds is 7. The van der Waals surface area contributed by atoms with Gasteiger partial charge in [0.2, 0.25) is 0 Å². The van der Waals surface area contributed by atoms with Crippen LogP contribution in [0.5, 0.6) is 0 Å². The molecule has 8 aliphatic carbocycles. The molecule has 0 radical (unpaired) electrons. The zero-order chi connectivity index (χ0) is 28.9. The van der Waals surface area contributed by atoms with Crippen LogP contribution in [0.1, 0.15) is 115 Å². The monoisotopic (exact) mass is 601 g/mol. The molecule has 8 aliphatic rings. The van der Waals surface area contributed by atoms with E-state index in [-0.39, 0.29) is 18.7 Å². The van der Waals surface area contributed by atoms with E-state index in [0.29, 0.717) is 10.3 Å². The third-order valence-electron chi connectivity index (χ3n) is 12.7. The van der Waals surface area contributed by atoms with Crippen molar-refractivity contribution >= 4 is 24.2 Å². The van der Waals surface area contributed by atoms with Crippen molar-refractivity contribution in [2.45, 2.75) is 119 Å². The van der Waals surface area contributed by atoms with Crippen LogP contribution in [0.2, 0.25) is 0 Å². The SMILES string of the molecule is CN([C@@H](c1ccccc1)c1ccccc1P(C12CC3CC(CC(C3)C1)C2)C12CC3CC(CC(C3)C1)C2)[S@](=O)C(C)(C)C. The Bertz CT molecular complexity index is 1230. The molecule has 0 N–H and O–H groups in total. The molecule has 0 spiro atoms. The molecule has 10 rings (SSSR count). The Morgan fingerprint density at radius 1 is 0.690 bits per heavy atom. The highest BCUT2D eigenvalue weighted by Gasteiger charge is 2.63. The normalized spacial score (nSPS) is 40.4. The fraction of sp³-hybridized carbons (Fsp3) is 0.684. The average molecular weight is 602 g/mol. The lowest BCUT2D eigenvalue weighted by molar-refractivity contribution is 0.0195. The van der Waals surface area contributed by atoms with E-state index < -0.39 is 11.0 Å². The molecule has 8 fully saturated rings. The van der Waals surface area contributed by atoms with Crippen LogP contribution >= 0.6 is 7.92 Å². The summed E-state index contributed by atoms with van der Waals surface area (Å²) in [4.78, 5) is 0. The molecule has 2 atom stereocenters. The zero-order valence-electron chi connectivity index (χ0n) is 26.4. The second-order valence-electron chi connectivity index (χ2n) is 16.9. The van der Waals surface area contributed by atoms with Crippen molar-refractivity contribution in [1.82, 2.24) is 4.31 Å². The lowest BCUT2D eigenvalue weighted by Crippen LogP contribution is -2.58. The van der Waals surface area contributed by atoms with Gasteiger partial charge in [0.1, 0.15) is 11.0 Å². The van der Waals surface area contributed by atoms with Crippen LogP contribution in [0, 0.1) is 35.5 Å². The quantitative estimate of drug-likeness (QED) is 0.290. The molecule has 0 amide bonds. The summed E-state index contributed by atoms with van der Waals surface area (Å²) in [6.45, 7) is 6.39. The standard InChI is InChI=1S/C38H52NOPS/c1-36(2,3)42(40)39(4)35(32-10-6-5-7-11-32)33-12-8-9-13-34(33)41(37-20-26-14-27(21-37)16-28(15-26)22-37)38-23-29-17-30(24-38)19-31(18-29)25-38/h5-13,26-31,35H,14-25H2,1-4H3/t26?,27?,28?,29?,30?,31?,35-,37?,38?,41?,42+/m0/s1. The van der Waals surface area contributed by atoms with Gasteiger partial charge < -0.3 is 0 Å². The lowest BCUT2D eigenvalue weighted by Gasteiger charge is -2.67. The minimum atomic E-state index is -1.11. The summed E-state index contributed by atoms with van der Waals surface area (Å²) in [7, 11) is 0.673. The van der Waals surface area contributed by atoms with Crippen LogP contribution < -0.4 is 5.30 Å². The molecule has 2 aromatic rings. The highest BCUT2D eigenvalue weighted by molar-refractivity contribution is 7.84. The number of nitrogens with zero attached hydrogens (tertiary/aromatic N) is 1. The van der Waals surface area contributed by atoms with E-state index in [0.717, 1.165) is 35.5 Å². The van der Waals surface area contributed by atoms with E-state index in [2.05, 4.69) is 86.7 Å². The predicted octanol–water partition coefficient (Wildman–Crippen LogP) is 9.21. The van der Waals surface area contributed by atoms with Gasteiger partial charge in [-0.15, -0.1) is 0 Å². The van der Waals surface area contributed by atoms with Gasteiger partial charge in [-0.25, -0.2) is 8.51 Å². The third kappa shape index (κ3) is 4.65. The van der Waals surface area contributed by atoms with Crippen molar-refractivity contribution in [2.75, 3.05) is 7.05 Å². The summed E-state index contributed by atoms with van der Waals surface area (Å²) in [5, 5.41) is 2.76. The molecule has 8 bridgehead atoms. The largest absolute Gasteiger partial charge is 0.242 e. The molecule has 0 aliphatic heterocycles. The van der Waals surface area contributed by atoms with E-state index in [1.165, 1.54) is 88.2 Å². The van der Waals surface area contributed by atoms with Crippen LogP contribution in [0.15, 0.2) is 54.6 Å². The molecule has 0 saturated heterocycles. The molecule has 42 heavy (non-hydrogen) atoms. The summed E-state index contributed by atoms with van der Waals surface area (Å²) in [6, 6.07) is 20.8. The maximum atomic E-state index is 14.1. The Labute approximate surface area is 259 Å². The Kier molecular flexibility index (Phi) is 6.94. The second kappa shape index (κ2) is 10.3. The van der Waals surface area contributed by atoms with Gasteiger partial charge in [0, 0.05) is 7.05 Å². The summed E-state index contributed by atoms with van der Waals surface area (Å²) in [6.07, 6.45) is 18.1. The highest BCUT2D eigenvalue weighted by Crippen LogP contribution is 2.78. The van der Waals surface area contributed by atoms with E-state index in [4.69, 9.17) is 0 Å². The van der Waals surface area contributed by atoms with Gasteiger partial charge in [0.25, 0.3) is 0 Å². The smallest absolute Gasteiger partial charge is 0.100 e. The highest BCUT2D eigenvalue weighted by atomic mass is 32.2. The molecular weight excluding hydrogens is 549 g/mol. The first kappa shape index (κ1) is 28.5. The fourth-order valence-corrected chi connectivity index (χ4v) is 19.0. The number of hydrogen-bond donors (Lipinski definition) is 0. The number of hydrogen-bond acceptors (Lipinski definition) is 1. The molecule has 4 heteroatoms. The van der Waals surface area contributed by atoms with Crippen LogP contribution in [-0.4, -0.2) is 30.6 Å². The van der Waals surface area contributed by atoms with E-state index in [1.807, 2.05) is 0 Å². The summed E-state index contributed by atoms with van der Waals surface area (Å²) >= 11 is 0. The minimum absolute atomic E-state index is 0.00952. The zero-order valence-corrected chi connectivity index (χ0v) is 28.1. The molecule has 226 valence electrons. The van der Waals surface area contributed by atoms with Gasteiger partial charge >= 0.3 is 0 Å². The van der Waals surface area contributed by atoms with Crippen LogP contribution in [0.25, 0.3) is 0 Å². The van der Waals surface area contributed by atoms with Crippen molar-refractivity contribution < 1.29 is 4.21 Å². The first-order chi connectivity index (χ1) is 20.1. The Hall–Kier alpha value is -1.02. The van der Waals surface area contributed by atoms with Gasteiger partial charge in [0.05, 0.1) is 10.8 Å². The molecule has 0 unspecified atom stereocenters. The van der Waals surface area contributed by atoms with E-state index in [1.54, 1.807) is 5.30 Å². The molecular formula is C38H52NOPS. The Morgan fingerprint density at radius 3 is 1.52 bits per heavy atom. The van der Waals surface area contributed by atoms with Gasteiger partial charge in [-0.05, 0) is 160 Å². The molecule has 2 nitrogen and oxygen atoms in total. The summed E-state index contributed by atoms with van der Waals surface area (Å²) < 4.78 is 16.0. The Balaban J connectivity index is 1.32. The van der Waals surface area contributed by atoms with Crippen molar-refractivity contribution in [1.29, 1.82) is 0 Å². The maximum Gasteiger partial charge on any atom is 0.100 e. The molecule has 0 heterocycles. The summed E-state index contributed by atoms with van der Waals surface area (Å²) in [5.74, 6) is 5.85. The van der Waals surface area contributed by atoms with Crippen LogP contribution in [0.4, 0.5) is 0 Å². The number of benzene rings is 2. The maximum absolute atomic E-state index is 14.1. The van der Waals surface area contributed by atoms with Crippen molar-refractivity contribution in [2.24, 2.45) is 35.5 Å². The predicted molar refractivity (Wildman–Crippen MR) is 179 cm³/mol. The molecule has 8 saturated carbocycles. The first-order valence-corrected chi connectivity index (χ1v) is 19.7. The second-order valence-corrected chi connectivity index (χ2v) is 22.2. The lowest BCUT2D eigenvalue weighted by atomic mass is 9.55. The summed E-state index contributed by atoms with van der Waals surface area (Å²) in [5.41, 5.74) is 2.76. The van der Waals surface area contributed by atoms with Crippen molar-refractivity contribution in [3.8, 4) is 0 Å². The molecule has 2 aromatic carbocycles. The van der Waals surface area contributed by atoms with Crippen molar-refractivity contribution in [3.63, 3.8) is 0 Å². The van der Waals surface area contributed by atoms with E-state index in [9.17, 15) is 4.21 Å². The Morgan fingerprint density at radius 2 is 1.10 bits per heavy atom. The van der Waals surface area contributed by atoms with Gasteiger partial charge in [-0.2, -0.15) is 0 Å². The van der Waals surface area contributed by atoms with Gasteiger partial charge in [-0.1, -0.05) is 62.5 Å². The van der Waals surface area contributed by atoms with E-state index >= 15 is 0 Å².